The Morgan fingerprint density at radius 2 is 1.82 bits per heavy atom. The van der Waals surface area contributed by atoms with Crippen LogP contribution >= 0.6 is 0 Å². The van der Waals surface area contributed by atoms with E-state index in [1.54, 1.807) is 0 Å². The monoisotopic (exact) mass is 154 g/mol. The Morgan fingerprint density at radius 1 is 1.36 bits per heavy atom. The average molecular weight is 154 g/mol. The molecule has 0 fully saturated rings. The highest BCUT2D eigenvalue weighted by molar-refractivity contribution is 5.89. The SMILES string of the molecule is C=C/C=C(\C=C)C(=O)O.CC. The maximum Gasteiger partial charge on any atom is 0.335 e. The fourth-order valence-corrected chi connectivity index (χ4v) is 0.354. The van der Waals surface area contributed by atoms with E-state index in [0.29, 0.717) is 0 Å². The predicted octanol–water partition coefficient (Wildman–Crippen LogP) is 2.40. The summed E-state index contributed by atoms with van der Waals surface area (Å²) in [6, 6.07) is 0. The average Bonchev–Trinajstić information content (AvgIpc) is 2.03. The van der Waals surface area contributed by atoms with Crippen molar-refractivity contribution in [1.82, 2.24) is 0 Å². The van der Waals surface area contributed by atoms with Crippen LogP contribution in [-0.2, 0) is 4.79 Å². The summed E-state index contributed by atoms with van der Waals surface area (Å²) in [6.45, 7) is 10.6. The first-order valence-corrected chi connectivity index (χ1v) is 3.40. The summed E-state index contributed by atoms with van der Waals surface area (Å²) in [7, 11) is 0. The lowest BCUT2D eigenvalue weighted by Gasteiger charge is -1.87. The summed E-state index contributed by atoms with van der Waals surface area (Å²) in [5.74, 6) is -0.982. The summed E-state index contributed by atoms with van der Waals surface area (Å²) in [5, 5.41) is 8.32. The normalized spacial score (nSPS) is 9.09. The van der Waals surface area contributed by atoms with Gasteiger partial charge in [-0.15, -0.1) is 0 Å². The number of carboxylic acids is 1. The van der Waals surface area contributed by atoms with Gasteiger partial charge in [0.15, 0.2) is 0 Å². The van der Waals surface area contributed by atoms with Crippen LogP contribution in [0.4, 0.5) is 0 Å². The highest BCUT2D eigenvalue weighted by Gasteiger charge is 1.97. The quantitative estimate of drug-likeness (QED) is 0.500. The van der Waals surface area contributed by atoms with Crippen molar-refractivity contribution in [2.45, 2.75) is 13.8 Å². The van der Waals surface area contributed by atoms with Gasteiger partial charge in [0.2, 0.25) is 0 Å². The molecule has 0 saturated heterocycles. The van der Waals surface area contributed by atoms with E-state index in [9.17, 15) is 4.79 Å². The van der Waals surface area contributed by atoms with Crippen molar-refractivity contribution in [1.29, 1.82) is 0 Å². The molecule has 11 heavy (non-hydrogen) atoms. The molecular weight excluding hydrogens is 140 g/mol. The first-order chi connectivity index (χ1) is 5.22. The molecule has 0 aromatic rings. The zero-order chi connectivity index (χ0) is 9.28. The zero-order valence-electron chi connectivity index (χ0n) is 7.00. The van der Waals surface area contributed by atoms with Gasteiger partial charge in [0, 0.05) is 0 Å². The van der Waals surface area contributed by atoms with E-state index in [-0.39, 0.29) is 5.57 Å². The first kappa shape index (κ1) is 12.4. The van der Waals surface area contributed by atoms with Gasteiger partial charge in [-0.1, -0.05) is 39.2 Å². The molecule has 0 aliphatic rings. The van der Waals surface area contributed by atoms with Crippen molar-refractivity contribution in [2.24, 2.45) is 0 Å². The third-order valence-corrected chi connectivity index (χ3v) is 0.764. The highest BCUT2D eigenvalue weighted by Crippen LogP contribution is 1.94. The number of rotatable bonds is 3. The van der Waals surface area contributed by atoms with E-state index >= 15 is 0 Å². The lowest BCUT2D eigenvalue weighted by atomic mass is 10.2. The number of carbonyl (C=O) groups is 1. The van der Waals surface area contributed by atoms with E-state index in [1.165, 1.54) is 18.2 Å². The Morgan fingerprint density at radius 3 is 1.91 bits per heavy atom. The van der Waals surface area contributed by atoms with E-state index in [1.807, 2.05) is 13.8 Å². The van der Waals surface area contributed by atoms with Crippen molar-refractivity contribution in [3.05, 3.63) is 37.0 Å². The molecule has 0 saturated carbocycles. The number of hydrogen-bond donors (Lipinski definition) is 1. The van der Waals surface area contributed by atoms with E-state index in [2.05, 4.69) is 13.2 Å². The lowest BCUT2D eigenvalue weighted by Crippen LogP contribution is -1.95. The molecule has 0 atom stereocenters. The second-order valence-electron chi connectivity index (χ2n) is 1.37. The standard InChI is InChI=1S/C7H8O2.C2H6/c1-3-5-6(4-2)7(8)9;1-2/h3-5H,1-2H2,(H,8,9);1-2H3/b6-5+;. The van der Waals surface area contributed by atoms with Gasteiger partial charge in [-0.05, 0) is 6.08 Å². The van der Waals surface area contributed by atoms with Crippen LogP contribution in [0.25, 0.3) is 0 Å². The van der Waals surface area contributed by atoms with Crippen LogP contribution in [0.15, 0.2) is 37.0 Å². The van der Waals surface area contributed by atoms with Crippen LogP contribution in [0.3, 0.4) is 0 Å². The summed E-state index contributed by atoms with van der Waals surface area (Å²) < 4.78 is 0. The van der Waals surface area contributed by atoms with Crippen LogP contribution in [-0.4, -0.2) is 11.1 Å². The largest absolute Gasteiger partial charge is 0.478 e. The molecule has 0 unspecified atom stereocenters. The predicted molar refractivity (Wildman–Crippen MR) is 47.5 cm³/mol. The maximum atomic E-state index is 10.1. The van der Waals surface area contributed by atoms with Crippen molar-refractivity contribution in [3.63, 3.8) is 0 Å². The number of hydrogen-bond acceptors (Lipinski definition) is 1. The minimum atomic E-state index is -0.982. The Bertz CT molecular complexity index is 166. The second-order valence-corrected chi connectivity index (χ2v) is 1.37. The minimum Gasteiger partial charge on any atom is -0.478 e. The van der Waals surface area contributed by atoms with Gasteiger partial charge in [0.1, 0.15) is 0 Å². The van der Waals surface area contributed by atoms with E-state index in [0.717, 1.165) is 0 Å². The number of aliphatic carboxylic acids is 1. The number of allylic oxidation sites excluding steroid dienone is 2. The fourth-order valence-electron chi connectivity index (χ4n) is 0.354. The van der Waals surface area contributed by atoms with Crippen molar-refractivity contribution in [3.8, 4) is 0 Å². The minimum absolute atomic E-state index is 0.157. The Balaban J connectivity index is 0. The van der Waals surface area contributed by atoms with Crippen molar-refractivity contribution >= 4 is 5.97 Å². The molecule has 0 rings (SSSR count). The van der Waals surface area contributed by atoms with Crippen LogP contribution in [0, 0.1) is 0 Å². The van der Waals surface area contributed by atoms with Gasteiger partial charge in [-0.25, -0.2) is 4.79 Å². The van der Waals surface area contributed by atoms with Gasteiger partial charge in [-0.2, -0.15) is 0 Å². The maximum absolute atomic E-state index is 10.1. The summed E-state index contributed by atoms with van der Waals surface area (Å²) in [5.41, 5.74) is 0.157. The third-order valence-electron chi connectivity index (χ3n) is 0.764. The molecule has 0 aromatic carbocycles. The molecule has 2 heteroatoms. The van der Waals surface area contributed by atoms with Gasteiger partial charge in [-0.3, -0.25) is 0 Å². The lowest BCUT2D eigenvalue weighted by molar-refractivity contribution is -0.132. The third kappa shape index (κ3) is 6.58. The Kier molecular flexibility index (Phi) is 9.78. The van der Waals surface area contributed by atoms with Gasteiger partial charge in [0.25, 0.3) is 0 Å². The van der Waals surface area contributed by atoms with Crippen molar-refractivity contribution < 1.29 is 9.90 Å². The number of carboxylic acid groups (broad SMARTS) is 1. The molecule has 0 aliphatic carbocycles. The van der Waals surface area contributed by atoms with Crippen LogP contribution in [0.5, 0.6) is 0 Å². The van der Waals surface area contributed by atoms with Gasteiger partial charge >= 0.3 is 5.97 Å². The topological polar surface area (TPSA) is 37.3 Å². The van der Waals surface area contributed by atoms with E-state index in [4.69, 9.17) is 5.11 Å². The molecule has 0 radical (unpaired) electrons. The van der Waals surface area contributed by atoms with E-state index < -0.39 is 5.97 Å². The molecule has 0 spiro atoms. The van der Waals surface area contributed by atoms with Crippen LogP contribution in [0.2, 0.25) is 0 Å². The first-order valence-electron chi connectivity index (χ1n) is 3.40. The molecule has 0 heterocycles. The van der Waals surface area contributed by atoms with Gasteiger partial charge in [0.05, 0.1) is 5.57 Å². The van der Waals surface area contributed by atoms with Crippen molar-refractivity contribution in [2.75, 3.05) is 0 Å². The Labute approximate surface area is 67.6 Å². The zero-order valence-corrected chi connectivity index (χ0v) is 7.00. The van der Waals surface area contributed by atoms with Crippen LogP contribution < -0.4 is 0 Å². The highest BCUT2D eigenvalue weighted by atomic mass is 16.4. The van der Waals surface area contributed by atoms with Gasteiger partial charge < -0.3 is 5.11 Å². The summed E-state index contributed by atoms with van der Waals surface area (Å²) >= 11 is 0. The Hall–Kier alpha value is -1.31. The smallest absolute Gasteiger partial charge is 0.335 e. The molecular formula is C9H14O2. The fraction of sp³-hybridized carbons (Fsp3) is 0.222. The molecule has 62 valence electrons. The molecule has 2 nitrogen and oxygen atoms in total. The second kappa shape index (κ2) is 8.69. The molecule has 0 bridgehead atoms. The molecule has 1 N–H and O–H groups in total. The summed E-state index contributed by atoms with van der Waals surface area (Å²) in [4.78, 5) is 10.1. The molecule has 0 aliphatic heterocycles. The summed E-state index contributed by atoms with van der Waals surface area (Å²) in [6.07, 6.45) is 4.06. The van der Waals surface area contributed by atoms with Crippen LogP contribution in [0.1, 0.15) is 13.8 Å². The molecule has 0 amide bonds. The molecule has 0 aromatic heterocycles.